The summed E-state index contributed by atoms with van der Waals surface area (Å²) in [4.78, 5) is 0. The molecule has 0 amide bonds. The average molecular weight is 765 g/mol. The SMILES string of the molecule is Cc1oc2cc(-c3c4c(cc5c3ccc3c6cc7c(c(-c8ccc9c(C)c(C)oc9c8)c6ccc53)-c3cccc5cccc-7c35)-c3cccc5cccc-4c35)ccc2c1C. The second kappa shape index (κ2) is 11.2. The highest BCUT2D eigenvalue weighted by Crippen LogP contribution is 2.57. The van der Waals surface area contributed by atoms with Gasteiger partial charge in [-0.2, -0.15) is 0 Å². The van der Waals surface area contributed by atoms with Gasteiger partial charge in [-0.25, -0.2) is 0 Å². The molecule has 2 aromatic heterocycles. The van der Waals surface area contributed by atoms with E-state index in [4.69, 9.17) is 8.83 Å². The van der Waals surface area contributed by atoms with E-state index in [0.717, 1.165) is 22.7 Å². The van der Waals surface area contributed by atoms with Crippen molar-refractivity contribution >= 4 is 75.8 Å². The Morgan fingerprint density at radius 2 is 0.683 bits per heavy atom. The van der Waals surface area contributed by atoms with Crippen LogP contribution in [-0.2, 0) is 0 Å². The van der Waals surface area contributed by atoms with E-state index in [-0.39, 0.29) is 0 Å². The molecule has 2 nitrogen and oxygen atoms in total. The number of rotatable bonds is 2. The lowest BCUT2D eigenvalue weighted by atomic mass is 9.83. The Morgan fingerprint density at radius 3 is 1.12 bits per heavy atom. The van der Waals surface area contributed by atoms with Crippen molar-refractivity contribution in [2.75, 3.05) is 0 Å². The summed E-state index contributed by atoms with van der Waals surface area (Å²) in [6.45, 7) is 8.44. The minimum absolute atomic E-state index is 0.934. The molecule has 14 rings (SSSR count). The lowest BCUT2D eigenvalue weighted by molar-refractivity contribution is 0.575. The van der Waals surface area contributed by atoms with Crippen LogP contribution in [0.2, 0.25) is 0 Å². The van der Waals surface area contributed by atoms with Crippen LogP contribution in [0.25, 0.3) is 143 Å². The highest BCUT2D eigenvalue weighted by molar-refractivity contribution is 6.30. The highest BCUT2D eigenvalue weighted by Gasteiger charge is 2.30. The molecule has 2 aliphatic carbocycles. The molecular formula is C58H36O2. The van der Waals surface area contributed by atoms with Gasteiger partial charge in [-0.3, -0.25) is 0 Å². The number of benzene rings is 10. The summed E-state index contributed by atoms with van der Waals surface area (Å²) < 4.78 is 12.8. The number of hydrogen-bond acceptors (Lipinski definition) is 2. The Labute approximate surface area is 345 Å². The first kappa shape index (κ1) is 32.5. The van der Waals surface area contributed by atoms with Gasteiger partial charge in [0.1, 0.15) is 22.7 Å². The predicted octanol–water partition coefficient (Wildman–Crippen LogP) is 16.8. The van der Waals surface area contributed by atoms with Crippen molar-refractivity contribution in [1.82, 2.24) is 0 Å². The molecule has 280 valence electrons. The molecule has 60 heavy (non-hydrogen) atoms. The summed E-state index contributed by atoms with van der Waals surface area (Å²) in [7, 11) is 0. The molecule has 0 N–H and O–H groups in total. The van der Waals surface area contributed by atoms with Crippen LogP contribution in [-0.4, -0.2) is 0 Å². The van der Waals surface area contributed by atoms with Crippen molar-refractivity contribution < 1.29 is 8.83 Å². The fourth-order valence-corrected chi connectivity index (χ4v) is 11.3. The molecule has 10 aromatic carbocycles. The Hall–Kier alpha value is -7.42. The molecule has 0 spiro atoms. The van der Waals surface area contributed by atoms with Crippen LogP contribution < -0.4 is 0 Å². The van der Waals surface area contributed by atoms with Crippen LogP contribution >= 0.6 is 0 Å². The van der Waals surface area contributed by atoms with Crippen molar-refractivity contribution in [1.29, 1.82) is 0 Å². The normalized spacial score (nSPS) is 12.7. The minimum Gasteiger partial charge on any atom is -0.461 e. The van der Waals surface area contributed by atoms with Gasteiger partial charge in [-0.05, 0) is 184 Å². The molecule has 12 aromatic rings. The standard InChI is InChI=1S/C58H36O2/c1-29-31(3)59-51-25-35(17-19-37(29)51)55-43-23-21-40-39(47(43)27-49-41-13-5-9-33-11-7-15-45(53(33)41)57(49)55)22-24-44-48(40)28-50-42-14-6-10-34-12-8-16-46(54(34)42)58(50)56(44)36-18-20-38-30(2)32(4)60-52(38)26-36/h5-28H,1-4H3. The molecule has 0 fully saturated rings. The van der Waals surface area contributed by atoms with E-state index in [1.54, 1.807) is 0 Å². The first-order chi connectivity index (χ1) is 29.4. The van der Waals surface area contributed by atoms with Gasteiger partial charge in [0.2, 0.25) is 0 Å². The summed E-state index contributed by atoms with van der Waals surface area (Å²) in [6, 6.07) is 55.2. The maximum Gasteiger partial charge on any atom is 0.135 e. The summed E-state index contributed by atoms with van der Waals surface area (Å²) in [5, 5.41) is 15.1. The second-order valence-electron chi connectivity index (χ2n) is 17.2. The molecule has 0 bridgehead atoms. The van der Waals surface area contributed by atoms with E-state index in [9.17, 15) is 0 Å². The van der Waals surface area contributed by atoms with Crippen molar-refractivity contribution in [3.05, 3.63) is 168 Å². The lowest BCUT2D eigenvalue weighted by Gasteiger charge is -2.19. The quantitative estimate of drug-likeness (QED) is 0.164. The summed E-state index contributed by atoms with van der Waals surface area (Å²) >= 11 is 0. The molecule has 0 saturated heterocycles. The van der Waals surface area contributed by atoms with Crippen LogP contribution in [0.3, 0.4) is 0 Å². The van der Waals surface area contributed by atoms with Crippen molar-refractivity contribution in [3.63, 3.8) is 0 Å². The monoisotopic (exact) mass is 764 g/mol. The Morgan fingerprint density at radius 1 is 0.300 bits per heavy atom. The predicted molar refractivity (Wildman–Crippen MR) is 252 cm³/mol. The van der Waals surface area contributed by atoms with E-state index in [1.165, 1.54) is 143 Å². The number of furan rings is 2. The molecule has 2 heterocycles. The highest BCUT2D eigenvalue weighted by atomic mass is 16.3. The lowest BCUT2D eigenvalue weighted by Crippen LogP contribution is -1.92. The fraction of sp³-hybridized carbons (Fsp3) is 0.0690. The van der Waals surface area contributed by atoms with E-state index in [0.29, 0.717) is 0 Å². The molecule has 0 saturated carbocycles. The van der Waals surface area contributed by atoms with Gasteiger partial charge in [-0.1, -0.05) is 121 Å². The number of fused-ring (bicyclic) bond motifs is 13. The largest absolute Gasteiger partial charge is 0.461 e. The molecular weight excluding hydrogens is 729 g/mol. The first-order valence-electron chi connectivity index (χ1n) is 21.0. The van der Waals surface area contributed by atoms with Gasteiger partial charge in [-0.15, -0.1) is 0 Å². The van der Waals surface area contributed by atoms with Crippen molar-refractivity contribution in [2.45, 2.75) is 27.7 Å². The van der Waals surface area contributed by atoms with Gasteiger partial charge in [0.05, 0.1) is 0 Å². The summed E-state index contributed by atoms with van der Waals surface area (Å²) in [5.74, 6) is 1.94. The van der Waals surface area contributed by atoms with Gasteiger partial charge in [0.25, 0.3) is 0 Å². The zero-order valence-electron chi connectivity index (χ0n) is 33.7. The maximum atomic E-state index is 6.38. The molecule has 2 aliphatic rings. The van der Waals surface area contributed by atoms with E-state index >= 15 is 0 Å². The molecule has 0 unspecified atom stereocenters. The second-order valence-corrected chi connectivity index (χ2v) is 17.2. The minimum atomic E-state index is 0.934. The zero-order valence-corrected chi connectivity index (χ0v) is 33.7. The van der Waals surface area contributed by atoms with Crippen molar-refractivity contribution in [3.8, 4) is 66.8 Å². The topological polar surface area (TPSA) is 26.3 Å². The smallest absolute Gasteiger partial charge is 0.135 e. The Kier molecular flexibility index (Phi) is 6.07. The molecule has 0 aliphatic heterocycles. The summed E-state index contributed by atoms with van der Waals surface area (Å²) in [5.41, 5.74) is 19.5. The molecule has 0 atom stereocenters. The van der Waals surface area contributed by atoms with E-state index in [1.807, 2.05) is 0 Å². The summed E-state index contributed by atoms with van der Waals surface area (Å²) in [6.07, 6.45) is 0. The van der Waals surface area contributed by atoms with Crippen molar-refractivity contribution in [2.24, 2.45) is 0 Å². The average Bonchev–Trinajstić information content (AvgIpc) is 3.96. The van der Waals surface area contributed by atoms with Gasteiger partial charge < -0.3 is 8.83 Å². The third-order valence-electron chi connectivity index (χ3n) is 14.3. The van der Waals surface area contributed by atoms with E-state index < -0.39 is 0 Å². The van der Waals surface area contributed by atoms with Crippen LogP contribution in [0.5, 0.6) is 0 Å². The van der Waals surface area contributed by atoms with E-state index in [2.05, 4.69) is 173 Å². The molecule has 0 radical (unpaired) electrons. The third-order valence-corrected chi connectivity index (χ3v) is 14.3. The fourth-order valence-electron chi connectivity index (χ4n) is 11.3. The Balaban J connectivity index is 1.12. The number of hydrogen-bond donors (Lipinski definition) is 0. The van der Waals surface area contributed by atoms with Crippen LogP contribution in [0.4, 0.5) is 0 Å². The maximum absolute atomic E-state index is 6.38. The van der Waals surface area contributed by atoms with Gasteiger partial charge in [0.15, 0.2) is 0 Å². The Bertz CT molecular complexity index is 3710. The zero-order chi connectivity index (χ0) is 39.7. The molecule has 2 heteroatoms. The van der Waals surface area contributed by atoms with Crippen LogP contribution in [0, 0.1) is 27.7 Å². The van der Waals surface area contributed by atoms with Gasteiger partial charge >= 0.3 is 0 Å². The number of aryl methyl sites for hydroxylation is 4. The van der Waals surface area contributed by atoms with Gasteiger partial charge in [0, 0.05) is 10.8 Å². The third kappa shape index (κ3) is 3.99. The van der Waals surface area contributed by atoms with Crippen LogP contribution in [0.1, 0.15) is 22.6 Å². The van der Waals surface area contributed by atoms with Crippen LogP contribution in [0.15, 0.2) is 154 Å². The first-order valence-corrected chi connectivity index (χ1v) is 21.0.